The number of methoxy groups -OCH3 is 1. The number of aromatic nitrogens is 2. The molecule has 2 heterocycles. The Morgan fingerprint density at radius 2 is 1.80 bits per heavy atom. The van der Waals surface area contributed by atoms with Gasteiger partial charge in [0.05, 0.1) is 22.8 Å². The number of benzene rings is 2. The van der Waals surface area contributed by atoms with Crippen LogP contribution in [0.4, 0.5) is 16.6 Å². The van der Waals surface area contributed by atoms with Gasteiger partial charge in [-0.25, -0.2) is 9.97 Å². The minimum absolute atomic E-state index is 0.782. The van der Waals surface area contributed by atoms with Gasteiger partial charge in [-0.2, -0.15) is 0 Å². The molecular weight excluding hydrogens is 332 g/mol. The first kappa shape index (κ1) is 15.7. The molecule has 0 saturated heterocycles. The Bertz CT molecular complexity index is 1060. The Labute approximate surface area is 149 Å². The molecule has 0 amide bonds. The van der Waals surface area contributed by atoms with E-state index < -0.39 is 0 Å². The summed E-state index contributed by atoms with van der Waals surface area (Å²) in [4.78, 5) is 11.4. The minimum atomic E-state index is 0.782. The monoisotopic (exact) mass is 350 g/mol. The fraction of sp³-hybridized carbons (Fsp3) is 0.158. The van der Waals surface area contributed by atoms with E-state index in [-0.39, 0.29) is 0 Å². The molecule has 6 heteroatoms. The maximum Gasteiger partial charge on any atom is 0.189 e. The van der Waals surface area contributed by atoms with Gasteiger partial charge in [0.1, 0.15) is 11.6 Å². The zero-order valence-corrected chi connectivity index (χ0v) is 15.1. The molecule has 0 radical (unpaired) electrons. The topological polar surface area (TPSA) is 50.3 Å². The normalized spacial score (nSPS) is 11.0. The number of ether oxygens (including phenoxy) is 1. The summed E-state index contributed by atoms with van der Waals surface area (Å²) >= 11 is 1.63. The number of hydrogen-bond donors (Lipinski definition) is 1. The molecule has 0 spiro atoms. The quantitative estimate of drug-likeness (QED) is 0.580. The van der Waals surface area contributed by atoms with Crippen LogP contribution in [-0.2, 0) is 0 Å². The SMILES string of the molecule is COc1ccc2nc(Nc3nc4ccc(N(C)C)cc4s3)ccc2c1. The van der Waals surface area contributed by atoms with Crippen LogP contribution in [0.15, 0.2) is 48.5 Å². The highest BCUT2D eigenvalue weighted by atomic mass is 32.1. The molecular formula is C19H18N4OS. The molecule has 1 N–H and O–H groups in total. The molecule has 0 bridgehead atoms. The number of rotatable bonds is 4. The largest absolute Gasteiger partial charge is 0.497 e. The molecule has 2 aromatic carbocycles. The van der Waals surface area contributed by atoms with Crippen LogP contribution >= 0.6 is 11.3 Å². The van der Waals surface area contributed by atoms with Crippen molar-refractivity contribution in [1.82, 2.24) is 9.97 Å². The Hall–Kier alpha value is -2.86. The molecule has 0 saturated carbocycles. The second-order valence-electron chi connectivity index (χ2n) is 5.95. The lowest BCUT2D eigenvalue weighted by Gasteiger charge is -2.11. The van der Waals surface area contributed by atoms with Gasteiger partial charge in [-0.3, -0.25) is 0 Å². The average Bonchev–Trinajstić information content (AvgIpc) is 3.02. The maximum absolute atomic E-state index is 5.25. The van der Waals surface area contributed by atoms with Crippen LogP contribution in [0.3, 0.4) is 0 Å². The lowest BCUT2D eigenvalue weighted by Crippen LogP contribution is -2.07. The molecule has 0 atom stereocenters. The van der Waals surface area contributed by atoms with Crippen molar-refractivity contribution in [1.29, 1.82) is 0 Å². The van der Waals surface area contributed by atoms with Crippen LogP contribution < -0.4 is 15.0 Å². The van der Waals surface area contributed by atoms with E-state index in [2.05, 4.69) is 32.3 Å². The van der Waals surface area contributed by atoms with Gasteiger partial charge in [0, 0.05) is 25.2 Å². The van der Waals surface area contributed by atoms with E-state index in [0.717, 1.165) is 37.8 Å². The Morgan fingerprint density at radius 1 is 0.960 bits per heavy atom. The van der Waals surface area contributed by atoms with E-state index >= 15 is 0 Å². The Balaban J connectivity index is 1.65. The smallest absolute Gasteiger partial charge is 0.189 e. The van der Waals surface area contributed by atoms with Gasteiger partial charge in [-0.1, -0.05) is 11.3 Å². The standard InChI is InChI=1S/C19H18N4OS/c1-23(2)13-5-7-16-17(11-13)25-19(21-16)22-18-9-4-12-10-14(24-3)6-8-15(12)20-18/h4-11H,1-3H3,(H,20,21,22). The van der Waals surface area contributed by atoms with Gasteiger partial charge in [-0.15, -0.1) is 0 Å². The van der Waals surface area contributed by atoms with Gasteiger partial charge >= 0.3 is 0 Å². The van der Waals surface area contributed by atoms with Crippen LogP contribution in [0.5, 0.6) is 5.75 Å². The highest BCUT2D eigenvalue weighted by Crippen LogP contribution is 2.31. The first-order valence-electron chi connectivity index (χ1n) is 7.92. The second-order valence-corrected chi connectivity index (χ2v) is 6.98. The molecule has 0 aliphatic heterocycles. The van der Waals surface area contributed by atoms with Crippen LogP contribution in [0.1, 0.15) is 0 Å². The van der Waals surface area contributed by atoms with Crippen molar-refractivity contribution in [3.63, 3.8) is 0 Å². The molecule has 0 aliphatic rings. The number of thiazole rings is 1. The molecule has 126 valence electrons. The first-order chi connectivity index (χ1) is 12.1. The number of anilines is 3. The van der Waals surface area contributed by atoms with Crippen molar-refractivity contribution in [3.05, 3.63) is 48.5 Å². The summed E-state index contributed by atoms with van der Waals surface area (Å²) in [6.45, 7) is 0. The summed E-state index contributed by atoms with van der Waals surface area (Å²) in [5.74, 6) is 1.61. The van der Waals surface area contributed by atoms with Gasteiger partial charge < -0.3 is 15.0 Å². The van der Waals surface area contributed by atoms with Crippen molar-refractivity contribution >= 4 is 49.1 Å². The zero-order chi connectivity index (χ0) is 17.4. The molecule has 0 fully saturated rings. The second kappa shape index (κ2) is 6.22. The van der Waals surface area contributed by atoms with Gasteiger partial charge in [0.15, 0.2) is 5.13 Å². The summed E-state index contributed by atoms with van der Waals surface area (Å²) < 4.78 is 6.41. The van der Waals surface area contributed by atoms with Gasteiger partial charge in [-0.05, 0) is 48.5 Å². The van der Waals surface area contributed by atoms with E-state index in [4.69, 9.17) is 4.74 Å². The van der Waals surface area contributed by atoms with E-state index in [1.807, 2.05) is 50.5 Å². The highest BCUT2D eigenvalue weighted by Gasteiger charge is 2.07. The van der Waals surface area contributed by atoms with Gasteiger partial charge in [0.2, 0.25) is 0 Å². The molecule has 2 aromatic heterocycles. The third kappa shape index (κ3) is 3.08. The van der Waals surface area contributed by atoms with E-state index in [1.54, 1.807) is 18.4 Å². The van der Waals surface area contributed by atoms with E-state index in [0.29, 0.717) is 0 Å². The van der Waals surface area contributed by atoms with E-state index in [1.165, 1.54) is 5.69 Å². The van der Waals surface area contributed by atoms with Crippen molar-refractivity contribution in [2.24, 2.45) is 0 Å². The Morgan fingerprint density at radius 3 is 2.60 bits per heavy atom. The number of hydrogen-bond acceptors (Lipinski definition) is 6. The zero-order valence-electron chi connectivity index (χ0n) is 14.3. The fourth-order valence-electron chi connectivity index (χ4n) is 2.65. The maximum atomic E-state index is 5.25. The molecule has 0 aliphatic carbocycles. The number of nitrogens with zero attached hydrogens (tertiary/aromatic N) is 3. The van der Waals surface area contributed by atoms with Crippen LogP contribution in [0, 0.1) is 0 Å². The lowest BCUT2D eigenvalue weighted by molar-refractivity contribution is 0.415. The summed E-state index contributed by atoms with van der Waals surface area (Å²) in [7, 11) is 5.74. The van der Waals surface area contributed by atoms with Crippen molar-refractivity contribution in [2.75, 3.05) is 31.4 Å². The third-order valence-electron chi connectivity index (χ3n) is 4.02. The third-order valence-corrected chi connectivity index (χ3v) is 4.95. The van der Waals surface area contributed by atoms with Crippen LogP contribution in [0.2, 0.25) is 0 Å². The number of fused-ring (bicyclic) bond motifs is 2. The number of nitrogens with one attached hydrogen (secondary N) is 1. The lowest BCUT2D eigenvalue weighted by atomic mass is 10.2. The molecule has 5 nitrogen and oxygen atoms in total. The molecule has 25 heavy (non-hydrogen) atoms. The van der Waals surface area contributed by atoms with Crippen LogP contribution in [0.25, 0.3) is 21.1 Å². The highest BCUT2D eigenvalue weighted by molar-refractivity contribution is 7.22. The van der Waals surface area contributed by atoms with E-state index in [9.17, 15) is 0 Å². The predicted molar refractivity (Wildman–Crippen MR) is 106 cm³/mol. The summed E-state index contributed by atoms with van der Waals surface area (Å²) in [5, 5.41) is 5.20. The summed E-state index contributed by atoms with van der Waals surface area (Å²) in [6, 6.07) is 16.1. The van der Waals surface area contributed by atoms with Crippen LogP contribution in [-0.4, -0.2) is 31.2 Å². The Kier molecular flexibility index (Phi) is 3.89. The number of pyridine rings is 1. The average molecular weight is 350 g/mol. The summed E-state index contributed by atoms with van der Waals surface area (Å²) in [5.41, 5.74) is 3.07. The van der Waals surface area contributed by atoms with Crippen molar-refractivity contribution in [3.8, 4) is 5.75 Å². The molecule has 4 rings (SSSR count). The first-order valence-corrected chi connectivity index (χ1v) is 8.74. The predicted octanol–water partition coefficient (Wildman–Crippen LogP) is 4.66. The molecule has 4 aromatic rings. The van der Waals surface area contributed by atoms with Crippen molar-refractivity contribution < 1.29 is 4.74 Å². The van der Waals surface area contributed by atoms with Gasteiger partial charge in [0.25, 0.3) is 0 Å². The minimum Gasteiger partial charge on any atom is -0.497 e. The fourth-order valence-corrected chi connectivity index (χ4v) is 3.56. The molecule has 0 unspecified atom stereocenters. The summed E-state index contributed by atoms with van der Waals surface area (Å²) in [6.07, 6.45) is 0. The van der Waals surface area contributed by atoms with Crippen molar-refractivity contribution in [2.45, 2.75) is 0 Å².